The third kappa shape index (κ3) is 3.11. The number of fused-ring (bicyclic) bond motifs is 1. The molecule has 1 unspecified atom stereocenters. The van der Waals surface area contributed by atoms with Crippen LogP contribution in [0.4, 0.5) is 0 Å². The standard InChI is InChI=1S/C17H22N2OS/c1-3-6-14-16(10-18-2)21-17(19-14)13-9-12-7-4-5-8-15(12)20-11-13/h4-5,7-8,13,18H,3,6,9-11H2,1-2H3. The highest BCUT2D eigenvalue weighted by atomic mass is 32.1. The Morgan fingerprint density at radius 3 is 3.05 bits per heavy atom. The average molecular weight is 302 g/mol. The number of benzene rings is 1. The molecule has 2 aromatic rings. The summed E-state index contributed by atoms with van der Waals surface area (Å²) in [5.74, 6) is 1.43. The molecule has 1 aromatic carbocycles. The van der Waals surface area contributed by atoms with Gasteiger partial charge in [0.15, 0.2) is 0 Å². The smallest absolute Gasteiger partial charge is 0.122 e. The Balaban J connectivity index is 1.83. The molecule has 0 saturated carbocycles. The molecule has 0 aliphatic carbocycles. The highest BCUT2D eigenvalue weighted by Crippen LogP contribution is 2.35. The third-order valence-corrected chi connectivity index (χ3v) is 5.11. The second-order valence-electron chi connectivity index (χ2n) is 5.52. The van der Waals surface area contributed by atoms with Crippen molar-refractivity contribution < 1.29 is 4.74 Å². The van der Waals surface area contributed by atoms with Crippen molar-refractivity contribution >= 4 is 11.3 Å². The van der Waals surface area contributed by atoms with E-state index in [0.717, 1.165) is 38.2 Å². The van der Waals surface area contributed by atoms with Gasteiger partial charge in [-0.05, 0) is 31.5 Å². The summed E-state index contributed by atoms with van der Waals surface area (Å²) >= 11 is 1.85. The normalized spacial score (nSPS) is 17.3. The van der Waals surface area contributed by atoms with Crippen molar-refractivity contribution in [3.8, 4) is 5.75 Å². The van der Waals surface area contributed by atoms with Crippen LogP contribution in [0.15, 0.2) is 24.3 Å². The molecule has 1 N–H and O–H groups in total. The van der Waals surface area contributed by atoms with Crippen molar-refractivity contribution in [2.75, 3.05) is 13.7 Å². The van der Waals surface area contributed by atoms with Crippen LogP contribution in [0.2, 0.25) is 0 Å². The van der Waals surface area contributed by atoms with Gasteiger partial charge in [-0.3, -0.25) is 0 Å². The molecular formula is C17H22N2OS. The first-order valence-corrected chi connectivity index (χ1v) is 8.47. The molecule has 112 valence electrons. The number of aromatic nitrogens is 1. The minimum absolute atomic E-state index is 0.395. The van der Waals surface area contributed by atoms with Crippen LogP contribution < -0.4 is 10.1 Å². The Labute approximate surface area is 130 Å². The van der Waals surface area contributed by atoms with Crippen LogP contribution in [0, 0.1) is 0 Å². The van der Waals surface area contributed by atoms with Gasteiger partial charge in [0, 0.05) is 17.3 Å². The molecule has 0 spiro atoms. The number of ether oxygens (including phenoxy) is 1. The molecule has 0 fully saturated rings. The maximum absolute atomic E-state index is 5.91. The van der Waals surface area contributed by atoms with Gasteiger partial charge in [-0.15, -0.1) is 11.3 Å². The highest BCUT2D eigenvalue weighted by molar-refractivity contribution is 7.11. The second-order valence-corrected chi connectivity index (χ2v) is 6.64. The van der Waals surface area contributed by atoms with Crippen LogP contribution in [-0.2, 0) is 19.4 Å². The van der Waals surface area contributed by atoms with Crippen LogP contribution in [0.5, 0.6) is 5.75 Å². The fourth-order valence-corrected chi connectivity index (χ4v) is 4.00. The molecule has 1 aromatic heterocycles. The molecule has 21 heavy (non-hydrogen) atoms. The molecule has 4 heteroatoms. The third-order valence-electron chi connectivity index (χ3n) is 3.85. The van der Waals surface area contributed by atoms with Gasteiger partial charge in [0.25, 0.3) is 0 Å². The van der Waals surface area contributed by atoms with E-state index in [1.807, 2.05) is 24.5 Å². The quantitative estimate of drug-likeness (QED) is 0.917. The van der Waals surface area contributed by atoms with Gasteiger partial charge in [-0.1, -0.05) is 31.5 Å². The fraction of sp³-hybridized carbons (Fsp3) is 0.471. The predicted octanol–water partition coefficient (Wildman–Crippen LogP) is 3.53. The van der Waals surface area contributed by atoms with E-state index in [4.69, 9.17) is 9.72 Å². The van der Waals surface area contributed by atoms with Gasteiger partial charge in [-0.25, -0.2) is 4.98 Å². The largest absolute Gasteiger partial charge is 0.493 e. The summed E-state index contributed by atoms with van der Waals surface area (Å²) in [4.78, 5) is 6.30. The van der Waals surface area contributed by atoms with Crippen molar-refractivity contribution in [1.29, 1.82) is 0 Å². The van der Waals surface area contributed by atoms with E-state index in [9.17, 15) is 0 Å². The van der Waals surface area contributed by atoms with Gasteiger partial charge in [0.1, 0.15) is 5.75 Å². The fourth-order valence-electron chi connectivity index (χ4n) is 2.80. The molecule has 3 rings (SSSR count). The molecular weight excluding hydrogens is 280 g/mol. The Morgan fingerprint density at radius 1 is 1.38 bits per heavy atom. The minimum Gasteiger partial charge on any atom is -0.493 e. The van der Waals surface area contributed by atoms with E-state index in [0.29, 0.717) is 5.92 Å². The number of rotatable bonds is 5. The van der Waals surface area contributed by atoms with E-state index < -0.39 is 0 Å². The van der Waals surface area contributed by atoms with Crippen LogP contribution in [0.1, 0.15) is 40.4 Å². The molecule has 1 aliphatic heterocycles. The van der Waals surface area contributed by atoms with Crippen molar-refractivity contribution in [3.05, 3.63) is 45.4 Å². The Bertz CT molecular complexity index is 585. The Hall–Kier alpha value is -1.39. The molecule has 0 amide bonds. The highest BCUT2D eigenvalue weighted by Gasteiger charge is 2.25. The number of nitrogens with zero attached hydrogens (tertiary/aromatic N) is 1. The molecule has 1 atom stereocenters. The van der Waals surface area contributed by atoms with Crippen molar-refractivity contribution in [3.63, 3.8) is 0 Å². The predicted molar refractivity (Wildman–Crippen MR) is 87.3 cm³/mol. The van der Waals surface area contributed by atoms with Gasteiger partial charge < -0.3 is 10.1 Å². The summed E-state index contributed by atoms with van der Waals surface area (Å²) in [6.07, 6.45) is 3.25. The monoisotopic (exact) mass is 302 g/mol. The van der Waals surface area contributed by atoms with E-state index in [2.05, 4.69) is 30.4 Å². The zero-order chi connectivity index (χ0) is 14.7. The number of nitrogens with one attached hydrogen (secondary N) is 1. The number of thiazole rings is 1. The van der Waals surface area contributed by atoms with Crippen molar-refractivity contribution in [1.82, 2.24) is 10.3 Å². The van der Waals surface area contributed by atoms with Crippen LogP contribution in [0.25, 0.3) is 0 Å². The topological polar surface area (TPSA) is 34.1 Å². The van der Waals surface area contributed by atoms with Crippen LogP contribution in [0.3, 0.4) is 0 Å². The van der Waals surface area contributed by atoms with Gasteiger partial charge in [0.05, 0.1) is 17.3 Å². The lowest BCUT2D eigenvalue weighted by Crippen LogP contribution is -2.19. The molecule has 0 bridgehead atoms. The number of aryl methyl sites for hydroxylation is 1. The Kier molecular flexibility index (Phi) is 4.56. The first-order valence-electron chi connectivity index (χ1n) is 7.65. The summed E-state index contributed by atoms with van der Waals surface area (Å²) < 4.78 is 5.91. The lowest BCUT2D eigenvalue weighted by Gasteiger charge is -2.23. The molecule has 2 heterocycles. The lowest BCUT2D eigenvalue weighted by molar-refractivity contribution is 0.262. The molecule has 1 aliphatic rings. The van der Waals surface area contributed by atoms with E-state index in [1.165, 1.54) is 21.1 Å². The molecule has 3 nitrogen and oxygen atoms in total. The zero-order valence-electron chi connectivity index (χ0n) is 12.7. The Morgan fingerprint density at radius 2 is 2.24 bits per heavy atom. The summed E-state index contributed by atoms with van der Waals surface area (Å²) in [5, 5.41) is 4.49. The summed E-state index contributed by atoms with van der Waals surface area (Å²) in [6.45, 7) is 3.87. The maximum Gasteiger partial charge on any atom is 0.122 e. The second kappa shape index (κ2) is 6.58. The molecule has 0 saturated heterocycles. The summed E-state index contributed by atoms with van der Waals surface area (Å²) in [6, 6.07) is 8.34. The van der Waals surface area contributed by atoms with Gasteiger partial charge in [-0.2, -0.15) is 0 Å². The van der Waals surface area contributed by atoms with E-state index in [1.54, 1.807) is 0 Å². The minimum atomic E-state index is 0.395. The number of hydrogen-bond acceptors (Lipinski definition) is 4. The van der Waals surface area contributed by atoms with E-state index in [-0.39, 0.29) is 0 Å². The summed E-state index contributed by atoms with van der Waals surface area (Å²) in [7, 11) is 2.00. The summed E-state index contributed by atoms with van der Waals surface area (Å²) in [5.41, 5.74) is 2.57. The first-order chi connectivity index (χ1) is 10.3. The SMILES string of the molecule is CCCc1nc(C2COc3ccccc3C2)sc1CNC. The van der Waals surface area contributed by atoms with Crippen molar-refractivity contribution in [2.24, 2.45) is 0 Å². The zero-order valence-corrected chi connectivity index (χ0v) is 13.5. The average Bonchev–Trinajstić information content (AvgIpc) is 2.91. The number of para-hydroxylation sites is 1. The van der Waals surface area contributed by atoms with E-state index >= 15 is 0 Å². The van der Waals surface area contributed by atoms with Crippen LogP contribution >= 0.6 is 11.3 Å². The number of hydrogen-bond donors (Lipinski definition) is 1. The maximum atomic E-state index is 5.91. The first kappa shape index (κ1) is 14.5. The van der Waals surface area contributed by atoms with Gasteiger partial charge in [0.2, 0.25) is 0 Å². The van der Waals surface area contributed by atoms with Gasteiger partial charge >= 0.3 is 0 Å². The lowest BCUT2D eigenvalue weighted by atomic mass is 9.97. The van der Waals surface area contributed by atoms with Crippen molar-refractivity contribution in [2.45, 2.75) is 38.6 Å². The molecule has 0 radical (unpaired) electrons. The van der Waals surface area contributed by atoms with Crippen LogP contribution in [-0.4, -0.2) is 18.6 Å².